The molecule has 0 bridgehead atoms. The molecule has 0 aliphatic rings. The van der Waals surface area contributed by atoms with Crippen LogP contribution in [-0.2, 0) is 6.61 Å². The van der Waals surface area contributed by atoms with Gasteiger partial charge in [-0.1, -0.05) is 29.3 Å². The zero-order valence-corrected chi connectivity index (χ0v) is 13.4. The molecule has 2 aromatic carbocycles. The summed E-state index contributed by atoms with van der Waals surface area (Å²) in [5.74, 6) is 0.724. The Morgan fingerprint density at radius 2 is 1.65 bits per heavy atom. The SMILES string of the molecule is Clc1cccc(Cl)c1COc1ccc(/C=N/n2cnnc2)cc1. The number of hydrogen-bond acceptors (Lipinski definition) is 4. The Morgan fingerprint density at radius 3 is 2.30 bits per heavy atom. The Bertz CT molecular complexity index is 781. The minimum absolute atomic E-state index is 0.312. The van der Waals surface area contributed by atoms with E-state index >= 15 is 0 Å². The molecule has 3 rings (SSSR count). The molecule has 0 saturated heterocycles. The highest BCUT2D eigenvalue weighted by Crippen LogP contribution is 2.25. The third-order valence-electron chi connectivity index (χ3n) is 3.07. The lowest BCUT2D eigenvalue weighted by Gasteiger charge is -2.09. The molecule has 23 heavy (non-hydrogen) atoms. The van der Waals surface area contributed by atoms with Gasteiger partial charge in [-0.3, -0.25) is 0 Å². The van der Waals surface area contributed by atoms with E-state index in [0.29, 0.717) is 16.7 Å². The fourth-order valence-corrected chi connectivity index (χ4v) is 2.37. The molecule has 0 N–H and O–H groups in total. The van der Waals surface area contributed by atoms with E-state index in [-0.39, 0.29) is 0 Å². The molecular weight excluding hydrogens is 335 g/mol. The standard InChI is InChI=1S/C16H12Cl2N4O/c17-15-2-1-3-16(18)14(15)9-23-13-6-4-12(5-7-13)8-21-22-10-19-20-11-22/h1-8,10-11H,9H2/b21-8+. The van der Waals surface area contributed by atoms with Crippen molar-refractivity contribution in [1.29, 1.82) is 0 Å². The summed E-state index contributed by atoms with van der Waals surface area (Å²) in [5, 5.41) is 12.7. The fourth-order valence-electron chi connectivity index (χ4n) is 1.86. The van der Waals surface area contributed by atoms with Crippen LogP contribution in [0.5, 0.6) is 5.75 Å². The van der Waals surface area contributed by atoms with Crippen LogP contribution in [0.15, 0.2) is 60.2 Å². The summed E-state index contributed by atoms with van der Waals surface area (Å²) in [5.41, 5.74) is 1.70. The van der Waals surface area contributed by atoms with Crippen LogP contribution in [0.4, 0.5) is 0 Å². The van der Waals surface area contributed by atoms with E-state index in [2.05, 4.69) is 15.3 Å². The predicted octanol–water partition coefficient (Wildman–Crippen LogP) is 4.05. The molecule has 0 aliphatic heterocycles. The first kappa shape index (κ1) is 15.5. The molecule has 0 saturated carbocycles. The summed E-state index contributed by atoms with van der Waals surface area (Å²) in [4.78, 5) is 0. The first-order chi connectivity index (χ1) is 11.2. The summed E-state index contributed by atoms with van der Waals surface area (Å²) in [6, 6.07) is 12.9. The van der Waals surface area contributed by atoms with Crippen molar-refractivity contribution in [3.63, 3.8) is 0 Å². The van der Waals surface area contributed by atoms with Crippen molar-refractivity contribution in [2.24, 2.45) is 5.10 Å². The van der Waals surface area contributed by atoms with E-state index in [0.717, 1.165) is 16.9 Å². The Labute approximate surface area is 143 Å². The fraction of sp³-hybridized carbons (Fsp3) is 0.0625. The number of nitrogens with zero attached hydrogens (tertiary/aromatic N) is 4. The quantitative estimate of drug-likeness (QED) is 0.655. The number of aromatic nitrogens is 3. The van der Waals surface area contributed by atoms with Gasteiger partial charge in [0.05, 0.1) is 6.21 Å². The van der Waals surface area contributed by atoms with Crippen molar-refractivity contribution in [2.75, 3.05) is 0 Å². The molecule has 0 aliphatic carbocycles. The maximum absolute atomic E-state index is 6.12. The highest BCUT2D eigenvalue weighted by molar-refractivity contribution is 6.35. The number of halogens is 2. The van der Waals surface area contributed by atoms with E-state index in [1.165, 1.54) is 17.3 Å². The lowest BCUT2D eigenvalue weighted by molar-refractivity contribution is 0.306. The van der Waals surface area contributed by atoms with Crippen LogP contribution in [0.1, 0.15) is 11.1 Å². The van der Waals surface area contributed by atoms with Gasteiger partial charge in [0, 0.05) is 15.6 Å². The van der Waals surface area contributed by atoms with Crippen molar-refractivity contribution in [2.45, 2.75) is 6.61 Å². The van der Waals surface area contributed by atoms with Crippen molar-refractivity contribution < 1.29 is 4.74 Å². The van der Waals surface area contributed by atoms with Gasteiger partial charge in [0.25, 0.3) is 0 Å². The third-order valence-corrected chi connectivity index (χ3v) is 3.78. The highest BCUT2D eigenvalue weighted by atomic mass is 35.5. The average Bonchev–Trinajstić information content (AvgIpc) is 3.07. The highest BCUT2D eigenvalue weighted by Gasteiger charge is 2.06. The molecular formula is C16H12Cl2N4O. The minimum atomic E-state index is 0.312. The molecule has 0 unspecified atom stereocenters. The summed E-state index contributed by atoms with van der Waals surface area (Å²) >= 11 is 12.2. The van der Waals surface area contributed by atoms with Gasteiger partial charge < -0.3 is 4.74 Å². The molecule has 0 atom stereocenters. The predicted molar refractivity (Wildman–Crippen MR) is 90.3 cm³/mol. The van der Waals surface area contributed by atoms with E-state index in [1.54, 1.807) is 24.4 Å². The molecule has 0 spiro atoms. The van der Waals surface area contributed by atoms with Gasteiger partial charge in [0.1, 0.15) is 25.0 Å². The summed E-state index contributed by atoms with van der Waals surface area (Å²) in [6.45, 7) is 0.312. The zero-order valence-electron chi connectivity index (χ0n) is 11.9. The molecule has 1 heterocycles. The van der Waals surface area contributed by atoms with Crippen LogP contribution in [0.25, 0.3) is 0 Å². The van der Waals surface area contributed by atoms with Crippen LogP contribution in [0.3, 0.4) is 0 Å². The van der Waals surface area contributed by atoms with Crippen molar-refractivity contribution in [1.82, 2.24) is 14.9 Å². The smallest absolute Gasteiger partial charge is 0.141 e. The summed E-state index contributed by atoms with van der Waals surface area (Å²) in [7, 11) is 0. The van der Waals surface area contributed by atoms with Crippen LogP contribution in [0, 0.1) is 0 Å². The normalized spacial score (nSPS) is 11.0. The van der Waals surface area contributed by atoms with E-state index in [1.807, 2.05) is 24.3 Å². The molecule has 0 radical (unpaired) electrons. The lowest BCUT2D eigenvalue weighted by atomic mass is 10.2. The molecule has 116 valence electrons. The van der Waals surface area contributed by atoms with Gasteiger partial charge in [-0.15, -0.1) is 10.2 Å². The Kier molecular flexibility index (Phi) is 4.90. The van der Waals surface area contributed by atoms with Crippen molar-refractivity contribution in [3.8, 4) is 5.75 Å². The van der Waals surface area contributed by atoms with Crippen LogP contribution < -0.4 is 4.74 Å². The minimum Gasteiger partial charge on any atom is -0.489 e. The third kappa shape index (κ3) is 4.09. The first-order valence-corrected chi connectivity index (χ1v) is 7.53. The average molecular weight is 347 g/mol. The van der Waals surface area contributed by atoms with E-state index in [4.69, 9.17) is 27.9 Å². The molecule has 3 aromatic rings. The van der Waals surface area contributed by atoms with Crippen LogP contribution >= 0.6 is 23.2 Å². The number of hydrogen-bond donors (Lipinski definition) is 0. The number of benzene rings is 2. The molecule has 7 heteroatoms. The van der Waals surface area contributed by atoms with Crippen LogP contribution in [0.2, 0.25) is 10.0 Å². The zero-order chi connectivity index (χ0) is 16.1. The second kappa shape index (κ2) is 7.26. The van der Waals surface area contributed by atoms with Gasteiger partial charge in [0.15, 0.2) is 0 Å². The number of ether oxygens (including phenoxy) is 1. The Morgan fingerprint density at radius 1 is 1.00 bits per heavy atom. The van der Waals surface area contributed by atoms with E-state index < -0.39 is 0 Å². The van der Waals surface area contributed by atoms with Gasteiger partial charge >= 0.3 is 0 Å². The molecule has 0 fully saturated rings. The molecule has 1 aromatic heterocycles. The Balaban J connectivity index is 1.64. The first-order valence-electron chi connectivity index (χ1n) is 6.77. The van der Waals surface area contributed by atoms with Gasteiger partial charge in [0.2, 0.25) is 0 Å². The number of rotatable bonds is 5. The largest absolute Gasteiger partial charge is 0.489 e. The van der Waals surface area contributed by atoms with Crippen molar-refractivity contribution in [3.05, 3.63) is 76.3 Å². The lowest BCUT2D eigenvalue weighted by Crippen LogP contribution is -1.97. The molecule has 0 amide bonds. The van der Waals surface area contributed by atoms with Crippen molar-refractivity contribution >= 4 is 29.4 Å². The summed E-state index contributed by atoms with van der Waals surface area (Å²) < 4.78 is 7.24. The van der Waals surface area contributed by atoms with Gasteiger partial charge in [-0.2, -0.15) is 5.10 Å². The van der Waals surface area contributed by atoms with Gasteiger partial charge in [-0.25, -0.2) is 4.68 Å². The maximum Gasteiger partial charge on any atom is 0.141 e. The molecule has 5 nitrogen and oxygen atoms in total. The second-order valence-corrected chi connectivity index (χ2v) is 5.46. The summed E-state index contributed by atoms with van der Waals surface area (Å²) in [6.07, 6.45) is 4.74. The van der Waals surface area contributed by atoms with Gasteiger partial charge in [-0.05, 0) is 42.0 Å². The van der Waals surface area contributed by atoms with E-state index in [9.17, 15) is 0 Å². The second-order valence-electron chi connectivity index (χ2n) is 4.64. The topological polar surface area (TPSA) is 52.3 Å². The van der Waals surface area contributed by atoms with Crippen LogP contribution in [-0.4, -0.2) is 21.1 Å². The monoisotopic (exact) mass is 346 g/mol. The Hall–Kier alpha value is -2.37. The maximum atomic E-state index is 6.12.